The second kappa shape index (κ2) is 4.87. The average molecular weight is 229 g/mol. The lowest BCUT2D eigenvalue weighted by molar-refractivity contribution is -0.614. The normalized spacial score (nSPS) is 12.1. The minimum Gasteiger partial charge on any atom is -0.618 e. The summed E-state index contributed by atoms with van der Waals surface area (Å²) in [7, 11) is 1.64. The minimum atomic E-state index is 0.0452. The second-order valence-corrected chi connectivity index (χ2v) is 3.95. The number of nitrogens with zero attached hydrogens (tertiary/aromatic N) is 1. The van der Waals surface area contributed by atoms with Crippen LogP contribution in [0.15, 0.2) is 48.7 Å². The minimum absolute atomic E-state index is 0.0452. The molecule has 1 atom stereocenters. The molecule has 0 saturated heterocycles. The van der Waals surface area contributed by atoms with Crippen LogP contribution < -0.4 is 9.47 Å². The Morgan fingerprint density at radius 3 is 2.71 bits per heavy atom. The Bertz CT molecular complexity index is 511. The first-order valence-electron chi connectivity index (χ1n) is 5.54. The van der Waals surface area contributed by atoms with E-state index in [9.17, 15) is 5.21 Å². The largest absolute Gasteiger partial charge is 0.618 e. The molecule has 0 amide bonds. The molecule has 88 valence electrons. The van der Waals surface area contributed by atoms with Crippen LogP contribution in [0.2, 0.25) is 0 Å². The van der Waals surface area contributed by atoms with Gasteiger partial charge >= 0.3 is 0 Å². The number of aromatic nitrogens is 1. The lowest BCUT2D eigenvalue weighted by Gasteiger charge is -2.12. The number of hydrogen-bond acceptors (Lipinski definition) is 2. The maximum Gasteiger partial charge on any atom is 0.199 e. The highest BCUT2D eigenvalue weighted by molar-refractivity contribution is 5.33. The molecule has 2 rings (SSSR count). The fraction of sp³-hybridized carbons (Fsp3) is 0.214. The van der Waals surface area contributed by atoms with Gasteiger partial charge in [-0.25, -0.2) is 0 Å². The first-order valence-corrected chi connectivity index (χ1v) is 5.54. The molecular weight excluding hydrogens is 214 g/mol. The predicted molar refractivity (Wildman–Crippen MR) is 65.9 cm³/mol. The Labute approximate surface area is 101 Å². The molecule has 2 aromatic rings. The summed E-state index contributed by atoms with van der Waals surface area (Å²) in [5.41, 5.74) is 1.81. The molecule has 0 aliphatic rings. The van der Waals surface area contributed by atoms with Gasteiger partial charge in [0.25, 0.3) is 0 Å². The van der Waals surface area contributed by atoms with E-state index in [0.29, 0.717) is 0 Å². The van der Waals surface area contributed by atoms with Crippen LogP contribution >= 0.6 is 0 Å². The zero-order chi connectivity index (χ0) is 12.3. The first kappa shape index (κ1) is 11.5. The van der Waals surface area contributed by atoms with Crippen molar-refractivity contribution >= 4 is 0 Å². The molecule has 0 spiro atoms. The Kier molecular flexibility index (Phi) is 3.28. The van der Waals surface area contributed by atoms with Crippen LogP contribution in [-0.2, 0) is 0 Å². The number of methoxy groups -OCH3 is 1. The van der Waals surface area contributed by atoms with Crippen molar-refractivity contribution in [1.29, 1.82) is 0 Å². The number of rotatable bonds is 3. The maximum atomic E-state index is 11.7. The predicted octanol–water partition coefficient (Wildman–Crippen LogP) is 2.48. The third-order valence-electron chi connectivity index (χ3n) is 2.89. The summed E-state index contributed by atoms with van der Waals surface area (Å²) in [6, 6.07) is 13.2. The van der Waals surface area contributed by atoms with E-state index in [1.165, 1.54) is 6.20 Å². The summed E-state index contributed by atoms with van der Waals surface area (Å²) in [5, 5.41) is 11.7. The van der Waals surface area contributed by atoms with Crippen LogP contribution in [-0.4, -0.2) is 7.11 Å². The van der Waals surface area contributed by atoms with Gasteiger partial charge in [0.15, 0.2) is 11.9 Å². The van der Waals surface area contributed by atoms with Crippen molar-refractivity contribution in [3.05, 3.63) is 65.1 Å². The van der Waals surface area contributed by atoms with Gasteiger partial charge in [-0.2, -0.15) is 4.73 Å². The highest BCUT2D eigenvalue weighted by Crippen LogP contribution is 2.24. The molecule has 0 saturated carbocycles. The third kappa shape index (κ3) is 2.38. The monoisotopic (exact) mass is 229 g/mol. The molecule has 1 unspecified atom stereocenters. The van der Waals surface area contributed by atoms with E-state index in [-0.39, 0.29) is 5.92 Å². The van der Waals surface area contributed by atoms with Gasteiger partial charge < -0.3 is 9.94 Å². The molecule has 0 radical (unpaired) electrons. The molecule has 0 N–H and O–H groups in total. The maximum absolute atomic E-state index is 11.7. The number of pyridine rings is 1. The SMILES string of the molecule is COc1cccc(C(C)c2cccc[n+]2[O-])c1. The van der Waals surface area contributed by atoms with Gasteiger partial charge in [-0.15, -0.1) is 0 Å². The topological polar surface area (TPSA) is 36.2 Å². The summed E-state index contributed by atoms with van der Waals surface area (Å²) in [6.45, 7) is 2.01. The van der Waals surface area contributed by atoms with E-state index in [4.69, 9.17) is 4.74 Å². The average Bonchev–Trinajstić information content (AvgIpc) is 2.38. The number of benzene rings is 1. The van der Waals surface area contributed by atoms with Crippen molar-refractivity contribution in [3.8, 4) is 5.75 Å². The van der Waals surface area contributed by atoms with Gasteiger partial charge in [0.2, 0.25) is 0 Å². The zero-order valence-electron chi connectivity index (χ0n) is 9.96. The summed E-state index contributed by atoms with van der Waals surface area (Å²) >= 11 is 0. The lowest BCUT2D eigenvalue weighted by Crippen LogP contribution is -2.32. The molecule has 0 bridgehead atoms. The Morgan fingerprint density at radius 2 is 2.00 bits per heavy atom. The van der Waals surface area contributed by atoms with Gasteiger partial charge in [-0.1, -0.05) is 12.1 Å². The van der Waals surface area contributed by atoms with Crippen LogP contribution in [0.1, 0.15) is 24.1 Å². The second-order valence-electron chi connectivity index (χ2n) is 3.95. The smallest absolute Gasteiger partial charge is 0.199 e. The Hall–Kier alpha value is -2.03. The molecule has 0 aliphatic carbocycles. The van der Waals surface area contributed by atoms with Crippen molar-refractivity contribution in [2.24, 2.45) is 0 Å². The fourth-order valence-corrected chi connectivity index (χ4v) is 1.86. The molecule has 1 aromatic heterocycles. The van der Waals surface area contributed by atoms with Crippen molar-refractivity contribution in [2.75, 3.05) is 7.11 Å². The summed E-state index contributed by atoms with van der Waals surface area (Å²) in [4.78, 5) is 0. The Morgan fingerprint density at radius 1 is 1.18 bits per heavy atom. The quantitative estimate of drug-likeness (QED) is 0.599. The lowest BCUT2D eigenvalue weighted by atomic mass is 9.97. The molecule has 0 fully saturated rings. The van der Waals surface area contributed by atoms with Gasteiger partial charge in [-0.05, 0) is 30.7 Å². The van der Waals surface area contributed by atoms with Crippen molar-refractivity contribution < 1.29 is 9.47 Å². The molecular formula is C14H15NO2. The van der Waals surface area contributed by atoms with E-state index in [2.05, 4.69) is 0 Å². The number of ether oxygens (including phenoxy) is 1. The zero-order valence-corrected chi connectivity index (χ0v) is 9.96. The molecule has 17 heavy (non-hydrogen) atoms. The van der Waals surface area contributed by atoms with Crippen molar-refractivity contribution in [2.45, 2.75) is 12.8 Å². The van der Waals surface area contributed by atoms with Gasteiger partial charge in [0.05, 0.1) is 13.0 Å². The molecule has 1 aromatic carbocycles. The molecule has 0 aliphatic heterocycles. The van der Waals surface area contributed by atoms with Gasteiger partial charge in [-0.3, -0.25) is 0 Å². The van der Waals surface area contributed by atoms with Crippen molar-refractivity contribution in [3.63, 3.8) is 0 Å². The molecule has 3 heteroatoms. The fourth-order valence-electron chi connectivity index (χ4n) is 1.86. The molecule has 3 nitrogen and oxygen atoms in total. The standard InChI is InChI=1S/C14H15NO2/c1-11(14-8-3-4-9-15(14)16)12-6-5-7-13(10-12)17-2/h3-11H,1-2H3. The van der Waals surface area contributed by atoms with E-state index < -0.39 is 0 Å². The van der Waals surface area contributed by atoms with Crippen LogP contribution in [0.3, 0.4) is 0 Å². The van der Waals surface area contributed by atoms with Crippen molar-refractivity contribution in [1.82, 2.24) is 0 Å². The van der Waals surface area contributed by atoms with E-state index >= 15 is 0 Å². The molecule has 1 heterocycles. The third-order valence-corrected chi connectivity index (χ3v) is 2.89. The summed E-state index contributed by atoms with van der Waals surface area (Å²) in [5.74, 6) is 0.853. The highest BCUT2D eigenvalue weighted by Gasteiger charge is 2.16. The van der Waals surface area contributed by atoms with E-state index in [1.807, 2.05) is 43.3 Å². The number of hydrogen-bond donors (Lipinski definition) is 0. The summed E-state index contributed by atoms with van der Waals surface area (Å²) in [6.07, 6.45) is 1.52. The summed E-state index contributed by atoms with van der Waals surface area (Å²) < 4.78 is 6.09. The highest BCUT2D eigenvalue weighted by atomic mass is 16.5. The van der Waals surface area contributed by atoms with Crippen LogP contribution in [0.4, 0.5) is 0 Å². The van der Waals surface area contributed by atoms with E-state index in [0.717, 1.165) is 21.7 Å². The Balaban J connectivity index is 2.37. The van der Waals surface area contributed by atoms with Gasteiger partial charge in [0.1, 0.15) is 5.75 Å². The van der Waals surface area contributed by atoms with Crippen LogP contribution in [0.5, 0.6) is 5.75 Å². The first-order chi connectivity index (χ1) is 8.22. The van der Waals surface area contributed by atoms with Crippen LogP contribution in [0.25, 0.3) is 0 Å². The van der Waals surface area contributed by atoms with E-state index in [1.54, 1.807) is 13.2 Å². The van der Waals surface area contributed by atoms with Crippen LogP contribution in [0, 0.1) is 5.21 Å². The van der Waals surface area contributed by atoms with Gasteiger partial charge in [0, 0.05) is 12.1 Å².